The van der Waals surface area contributed by atoms with Gasteiger partial charge in [-0.05, 0) is 56.7 Å². The van der Waals surface area contributed by atoms with E-state index >= 15 is 0 Å². The number of ether oxygens (including phenoxy) is 4. The molecule has 0 aliphatic carbocycles. The van der Waals surface area contributed by atoms with E-state index in [4.69, 9.17) is 23.9 Å². The number of aromatic nitrogens is 1. The Morgan fingerprint density at radius 3 is 2.28 bits per heavy atom. The third-order valence-corrected chi connectivity index (χ3v) is 5.83. The molecule has 164 valence electrons. The van der Waals surface area contributed by atoms with Gasteiger partial charge in [-0.25, -0.2) is 0 Å². The number of nitrogens with zero attached hydrogens (tertiary/aromatic N) is 1. The zero-order valence-electron chi connectivity index (χ0n) is 18.2. The van der Waals surface area contributed by atoms with E-state index in [-0.39, 0.29) is 0 Å². The predicted molar refractivity (Wildman–Crippen MR) is 129 cm³/mol. The van der Waals surface area contributed by atoms with Crippen LogP contribution in [0.25, 0.3) is 10.8 Å². The minimum Gasteiger partial charge on any atom is -0.493 e. The molecule has 0 bridgehead atoms. The Labute approximate surface area is 196 Å². The standard InChI is InChI=1S/C26H24BrNO4/c1-29-22-10-9-19-11-12-28-21(14-18-13-20(27)25(31-3)23(15-18)30-2)24(19)26(22)32-16-17-7-5-4-6-8-17/h4-13,15H,14,16H2,1-3H3. The second-order valence-electron chi connectivity index (χ2n) is 7.22. The lowest BCUT2D eigenvalue weighted by atomic mass is 10.0. The minimum atomic E-state index is 0.437. The molecule has 1 aromatic heterocycles. The summed E-state index contributed by atoms with van der Waals surface area (Å²) in [6.45, 7) is 0.437. The number of benzene rings is 3. The Kier molecular flexibility index (Phi) is 6.81. The van der Waals surface area contributed by atoms with Crippen molar-refractivity contribution in [2.24, 2.45) is 0 Å². The van der Waals surface area contributed by atoms with Crippen LogP contribution < -0.4 is 18.9 Å². The Bertz CT molecular complexity index is 1230. The van der Waals surface area contributed by atoms with Gasteiger partial charge in [0.2, 0.25) is 0 Å². The molecule has 0 saturated carbocycles. The van der Waals surface area contributed by atoms with Gasteiger partial charge in [0, 0.05) is 18.0 Å². The lowest BCUT2D eigenvalue weighted by Gasteiger charge is -2.16. The molecule has 0 radical (unpaired) electrons. The first-order chi connectivity index (χ1) is 15.6. The van der Waals surface area contributed by atoms with Crippen molar-refractivity contribution in [3.8, 4) is 23.0 Å². The number of hydrogen-bond acceptors (Lipinski definition) is 5. The molecule has 6 heteroatoms. The first kappa shape index (κ1) is 22.0. The largest absolute Gasteiger partial charge is 0.493 e. The van der Waals surface area contributed by atoms with Crippen LogP contribution in [0.4, 0.5) is 0 Å². The zero-order valence-corrected chi connectivity index (χ0v) is 19.8. The van der Waals surface area contributed by atoms with Crippen molar-refractivity contribution < 1.29 is 18.9 Å². The van der Waals surface area contributed by atoms with Crippen molar-refractivity contribution in [3.63, 3.8) is 0 Å². The van der Waals surface area contributed by atoms with Crippen LogP contribution in [-0.2, 0) is 13.0 Å². The van der Waals surface area contributed by atoms with Crippen LogP contribution in [0.15, 0.2) is 71.3 Å². The van der Waals surface area contributed by atoms with Gasteiger partial charge < -0.3 is 18.9 Å². The van der Waals surface area contributed by atoms with E-state index in [1.54, 1.807) is 21.3 Å². The molecule has 0 unspecified atom stereocenters. The van der Waals surface area contributed by atoms with Crippen LogP contribution in [0.3, 0.4) is 0 Å². The summed E-state index contributed by atoms with van der Waals surface area (Å²) >= 11 is 3.58. The summed E-state index contributed by atoms with van der Waals surface area (Å²) in [5.41, 5.74) is 3.01. The number of rotatable bonds is 8. The van der Waals surface area contributed by atoms with Gasteiger partial charge in [-0.15, -0.1) is 0 Å². The van der Waals surface area contributed by atoms with Gasteiger partial charge in [-0.3, -0.25) is 4.98 Å². The molecule has 0 amide bonds. The van der Waals surface area contributed by atoms with Crippen molar-refractivity contribution in [1.82, 2.24) is 4.98 Å². The molecule has 3 aromatic carbocycles. The highest BCUT2D eigenvalue weighted by molar-refractivity contribution is 9.10. The monoisotopic (exact) mass is 493 g/mol. The van der Waals surface area contributed by atoms with Crippen molar-refractivity contribution in [1.29, 1.82) is 0 Å². The van der Waals surface area contributed by atoms with Gasteiger partial charge in [-0.2, -0.15) is 0 Å². The fourth-order valence-corrected chi connectivity index (χ4v) is 4.37. The second kappa shape index (κ2) is 9.92. The van der Waals surface area contributed by atoms with Crippen molar-refractivity contribution >= 4 is 26.7 Å². The number of pyridine rings is 1. The van der Waals surface area contributed by atoms with E-state index in [0.29, 0.717) is 36.0 Å². The summed E-state index contributed by atoms with van der Waals surface area (Å²) in [4.78, 5) is 4.70. The van der Waals surface area contributed by atoms with E-state index in [0.717, 1.165) is 32.1 Å². The first-order valence-corrected chi connectivity index (χ1v) is 11.0. The topological polar surface area (TPSA) is 49.8 Å². The molecule has 0 aliphatic heterocycles. The molecule has 0 aliphatic rings. The highest BCUT2D eigenvalue weighted by atomic mass is 79.9. The molecule has 1 heterocycles. The Morgan fingerprint density at radius 1 is 0.781 bits per heavy atom. The summed E-state index contributed by atoms with van der Waals surface area (Å²) in [5.74, 6) is 2.69. The summed E-state index contributed by atoms with van der Waals surface area (Å²) in [5, 5.41) is 1.98. The van der Waals surface area contributed by atoms with Crippen LogP contribution in [0.5, 0.6) is 23.0 Å². The fraction of sp³-hybridized carbons (Fsp3) is 0.192. The van der Waals surface area contributed by atoms with Crippen LogP contribution in [0, 0.1) is 0 Å². The molecule has 0 saturated heterocycles. The summed E-state index contributed by atoms with van der Waals surface area (Å²) in [7, 11) is 4.90. The smallest absolute Gasteiger partial charge is 0.174 e. The molecule has 0 spiro atoms. The average Bonchev–Trinajstić information content (AvgIpc) is 2.82. The lowest BCUT2D eigenvalue weighted by molar-refractivity contribution is 0.288. The molecule has 5 nitrogen and oxygen atoms in total. The van der Waals surface area contributed by atoms with Gasteiger partial charge >= 0.3 is 0 Å². The Balaban J connectivity index is 1.77. The Morgan fingerprint density at radius 2 is 1.56 bits per heavy atom. The van der Waals surface area contributed by atoms with E-state index in [1.807, 2.05) is 66.9 Å². The second-order valence-corrected chi connectivity index (χ2v) is 8.07. The van der Waals surface area contributed by atoms with Crippen LogP contribution in [0.2, 0.25) is 0 Å². The van der Waals surface area contributed by atoms with Gasteiger partial charge in [-0.1, -0.05) is 36.4 Å². The van der Waals surface area contributed by atoms with Crippen molar-refractivity contribution in [2.45, 2.75) is 13.0 Å². The normalized spacial score (nSPS) is 10.8. The summed E-state index contributed by atoms with van der Waals surface area (Å²) in [6, 6.07) is 20.0. The molecule has 32 heavy (non-hydrogen) atoms. The molecule has 4 aromatic rings. The summed E-state index contributed by atoms with van der Waals surface area (Å²) < 4.78 is 23.7. The van der Waals surface area contributed by atoms with Gasteiger partial charge in [0.05, 0.1) is 31.5 Å². The highest BCUT2D eigenvalue weighted by Crippen LogP contribution is 2.40. The zero-order chi connectivity index (χ0) is 22.5. The van der Waals surface area contributed by atoms with Crippen molar-refractivity contribution in [3.05, 3.63) is 88.2 Å². The third kappa shape index (κ3) is 4.50. The fourth-order valence-electron chi connectivity index (χ4n) is 3.72. The molecular weight excluding hydrogens is 470 g/mol. The van der Waals surface area contributed by atoms with E-state index in [9.17, 15) is 0 Å². The van der Waals surface area contributed by atoms with Gasteiger partial charge in [0.25, 0.3) is 0 Å². The van der Waals surface area contributed by atoms with Crippen LogP contribution >= 0.6 is 15.9 Å². The Hall–Kier alpha value is -3.25. The maximum Gasteiger partial charge on any atom is 0.174 e. The average molecular weight is 494 g/mol. The molecule has 0 atom stereocenters. The predicted octanol–water partition coefficient (Wildman–Crippen LogP) is 6.19. The SMILES string of the molecule is COc1cc(Cc2nccc3ccc(OC)c(OCc4ccccc4)c23)cc(Br)c1OC. The van der Waals surface area contributed by atoms with E-state index in [2.05, 4.69) is 15.9 Å². The number of methoxy groups -OCH3 is 3. The molecule has 0 N–H and O–H groups in total. The van der Waals surface area contributed by atoms with Gasteiger partial charge in [0.1, 0.15) is 6.61 Å². The maximum absolute atomic E-state index is 6.29. The maximum atomic E-state index is 6.29. The number of fused-ring (bicyclic) bond motifs is 1. The lowest BCUT2D eigenvalue weighted by Crippen LogP contribution is -2.02. The number of halogens is 1. The van der Waals surface area contributed by atoms with E-state index < -0.39 is 0 Å². The quantitative estimate of drug-likeness (QED) is 0.292. The third-order valence-electron chi connectivity index (χ3n) is 5.24. The summed E-state index contributed by atoms with van der Waals surface area (Å²) in [6.07, 6.45) is 2.41. The highest BCUT2D eigenvalue weighted by Gasteiger charge is 2.17. The van der Waals surface area contributed by atoms with Crippen LogP contribution in [-0.4, -0.2) is 26.3 Å². The van der Waals surface area contributed by atoms with E-state index in [1.165, 1.54) is 0 Å². The van der Waals surface area contributed by atoms with Crippen LogP contribution in [0.1, 0.15) is 16.8 Å². The number of hydrogen-bond donors (Lipinski definition) is 0. The molecule has 0 fully saturated rings. The van der Waals surface area contributed by atoms with Gasteiger partial charge in [0.15, 0.2) is 23.0 Å². The minimum absolute atomic E-state index is 0.437. The molecular formula is C26H24BrNO4. The molecule has 4 rings (SSSR count). The first-order valence-electron chi connectivity index (χ1n) is 10.2. The van der Waals surface area contributed by atoms with Crippen molar-refractivity contribution in [2.75, 3.05) is 21.3 Å².